The molecule has 0 bridgehead atoms. The zero-order valence-electron chi connectivity index (χ0n) is 13.5. The maximum atomic E-state index is 10.6. The molecule has 0 aliphatic rings. The number of nitrogen functional groups attached to an aromatic ring is 1. The van der Waals surface area contributed by atoms with Crippen LogP contribution in [0.1, 0.15) is 50.0 Å². The van der Waals surface area contributed by atoms with Crippen molar-refractivity contribution in [2.24, 2.45) is 5.92 Å². The Kier molecular flexibility index (Phi) is 12.5. The van der Waals surface area contributed by atoms with E-state index in [1.54, 1.807) is 19.2 Å². The minimum absolute atomic E-state index is 0.132. The van der Waals surface area contributed by atoms with Gasteiger partial charge in [-0.3, -0.25) is 9.59 Å². The van der Waals surface area contributed by atoms with E-state index in [9.17, 15) is 9.59 Å². The molecule has 0 aromatic heterocycles. The molecule has 0 aliphatic heterocycles. The fourth-order valence-corrected chi connectivity index (χ4v) is 1.23. The molecule has 1 atom stereocenters. The Morgan fingerprint density at radius 3 is 2.25 bits per heavy atom. The average Bonchev–Trinajstić information content (AvgIpc) is 2.50. The first-order valence-electron chi connectivity index (χ1n) is 6.99. The summed E-state index contributed by atoms with van der Waals surface area (Å²) in [5, 5.41) is 2.58. The average molecular weight is 280 g/mol. The molecule has 0 spiro atoms. The van der Waals surface area contributed by atoms with Crippen molar-refractivity contribution in [2.75, 3.05) is 12.8 Å². The highest BCUT2D eigenvalue weighted by molar-refractivity contribution is 5.83. The maximum Gasteiger partial charge on any atom is 0.222 e. The smallest absolute Gasteiger partial charge is 0.222 e. The Hall–Kier alpha value is -1.84. The topological polar surface area (TPSA) is 72.2 Å². The van der Waals surface area contributed by atoms with Gasteiger partial charge >= 0.3 is 0 Å². The van der Waals surface area contributed by atoms with Gasteiger partial charge in [0.2, 0.25) is 5.91 Å². The van der Waals surface area contributed by atoms with Crippen LogP contribution >= 0.6 is 0 Å². The van der Waals surface area contributed by atoms with E-state index < -0.39 is 0 Å². The van der Waals surface area contributed by atoms with Gasteiger partial charge < -0.3 is 11.1 Å². The number of anilines is 1. The molecule has 0 heterocycles. The van der Waals surface area contributed by atoms with Gasteiger partial charge in [0, 0.05) is 24.2 Å². The number of carbonyl (C=O) groups excluding carboxylic acids is 2. The number of nitrogens with one attached hydrogen (secondary N) is 1. The molecule has 1 amide bonds. The summed E-state index contributed by atoms with van der Waals surface area (Å²) in [6, 6.07) is 5.38. The standard InChI is InChI=1S/C8H9NO.C6H13NO.C2H6/c1-6-2-3-8(9)7(4-6)5-10;1-4-5(2)6(8)7-3;1-2/h2-5H,9H2,1H3;5H,4H2,1-3H3,(H,7,8);1-2H3. The number of hydrogen-bond donors (Lipinski definition) is 2. The van der Waals surface area contributed by atoms with Crippen molar-refractivity contribution in [1.29, 1.82) is 0 Å². The highest BCUT2D eigenvalue weighted by Gasteiger charge is 2.05. The second-order valence-corrected chi connectivity index (χ2v) is 4.17. The molecule has 1 rings (SSSR count). The van der Waals surface area contributed by atoms with E-state index in [4.69, 9.17) is 5.73 Å². The minimum Gasteiger partial charge on any atom is -0.398 e. The van der Waals surface area contributed by atoms with Gasteiger partial charge in [-0.1, -0.05) is 39.3 Å². The van der Waals surface area contributed by atoms with Crippen molar-refractivity contribution >= 4 is 17.9 Å². The Morgan fingerprint density at radius 2 is 1.95 bits per heavy atom. The molecule has 1 aromatic rings. The molecule has 0 radical (unpaired) electrons. The largest absolute Gasteiger partial charge is 0.398 e. The van der Waals surface area contributed by atoms with E-state index in [1.807, 2.05) is 40.7 Å². The van der Waals surface area contributed by atoms with Crippen LogP contribution in [0.5, 0.6) is 0 Å². The normalized spacial score (nSPS) is 10.1. The summed E-state index contributed by atoms with van der Waals surface area (Å²) in [5.41, 5.74) is 7.63. The maximum absolute atomic E-state index is 10.6. The molecule has 1 aromatic carbocycles. The summed E-state index contributed by atoms with van der Waals surface area (Å²) in [5.74, 6) is 0.299. The summed E-state index contributed by atoms with van der Waals surface area (Å²) in [4.78, 5) is 20.9. The quantitative estimate of drug-likeness (QED) is 0.659. The Morgan fingerprint density at radius 1 is 1.40 bits per heavy atom. The van der Waals surface area contributed by atoms with Crippen molar-refractivity contribution in [2.45, 2.75) is 41.0 Å². The zero-order chi connectivity index (χ0) is 16.1. The van der Waals surface area contributed by atoms with Crippen molar-refractivity contribution in [3.63, 3.8) is 0 Å². The van der Waals surface area contributed by atoms with E-state index in [1.165, 1.54) is 0 Å². The van der Waals surface area contributed by atoms with Crippen LogP contribution < -0.4 is 11.1 Å². The Balaban J connectivity index is 0. The van der Waals surface area contributed by atoms with Gasteiger partial charge in [0.25, 0.3) is 0 Å². The van der Waals surface area contributed by atoms with Crippen molar-refractivity contribution in [3.8, 4) is 0 Å². The first-order valence-corrected chi connectivity index (χ1v) is 6.99. The molecule has 3 N–H and O–H groups in total. The Labute approximate surface area is 122 Å². The minimum atomic E-state index is 0.132. The predicted molar refractivity (Wildman–Crippen MR) is 85.8 cm³/mol. The number of hydrogen-bond acceptors (Lipinski definition) is 3. The lowest BCUT2D eigenvalue weighted by Crippen LogP contribution is -2.24. The highest BCUT2D eigenvalue weighted by Crippen LogP contribution is 2.10. The number of aryl methyl sites for hydroxylation is 1. The molecule has 0 aliphatic carbocycles. The summed E-state index contributed by atoms with van der Waals surface area (Å²) in [6.07, 6.45) is 1.68. The molecule has 0 saturated heterocycles. The predicted octanol–water partition coefficient (Wildman–Crippen LogP) is 3.19. The third kappa shape index (κ3) is 8.29. The van der Waals surface area contributed by atoms with E-state index in [0.29, 0.717) is 11.3 Å². The lowest BCUT2D eigenvalue weighted by Gasteiger charge is -2.03. The van der Waals surface area contributed by atoms with Gasteiger partial charge in [-0.2, -0.15) is 0 Å². The van der Waals surface area contributed by atoms with Gasteiger partial charge in [-0.15, -0.1) is 0 Å². The number of nitrogens with two attached hydrogens (primary N) is 1. The highest BCUT2D eigenvalue weighted by atomic mass is 16.1. The lowest BCUT2D eigenvalue weighted by atomic mass is 10.1. The summed E-state index contributed by atoms with van der Waals surface area (Å²) in [6.45, 7) is 9.84. The first-order chi connectivity index (χ1) is 9.46. The first kappa shape index (κ1) is 20.5. The number of amides is 1. The van der Waals surface area contributed by atoms with Gasteiger partial charge in [0.15, 0.2) is 6.29 Å². The Bertz CT molecular complexity index is 403. The van der Waals surface area contributed by atoms with Crippen LogP contribution in [-0.2, 0) is 4.79 Å². The van der Waals surface area contributed by atoms with Crippen LogP contribution in [0.4, 0.5) is 5.69 Å². The van der Waals surface area contributed by atoms with Crippen molar-refractivity contribution in [1.82, 2.24) is 5.32 Å². The van der Waals surface area contributed by atoms with Gasteiger partial charge in [0.05, 0.1) is 0 Å². The second-order valence-electron chi connectivity index (χ2n) is 4.17. The third-order valence-electron chi connectivity index (χ3n) is 2.68. The molecule has 4 nitrogen and oxygen atoms in total. The van der Waals surface area contributed by atoms with E-state index in [-0.39, 0.29) is 11.8 Å². The van der Waals surface area contributed by atoms with Crippen LogP contribution in [0.15, 0.2) is 18.2 Å². The van der Waals surface area contributed by atoms with Gasteiger partial charge in [-0.05, 0) is 25.5 Å². The van der Waals surface area contributed by atoms with Crippen LogP contribution in [-0.4, -0.2) is 19.2 Å². The van der Waals surface area contributed by atoms with Crippen LogP contribution in [0.3, 0.4) is 0 Å². The van der Waals surface area contributed by atoms with Gasteiger partial charge in [-0.25, -0.2) is 0 Å². The molecule has 4 heteroatoms. The number of aldehydes is 1. The monoisotopic (exact) mass is 280 g/mol. The summed E-state index contributed by atoms with van der Waals surface area (Å²) < 4.78 is 0. The van der Waals surface area contributed by atoms with E-state index in [0.717, 1.165) is 18.3 Å². The van der Waals surface area contributed by atoms with Crippen LogP contribution in [0, 0.1) is 12.8 Å². The summed E-state index contributed by atoms with van der Waals surface area (Å²) in [7, 11) is 1.66. The molecule has 114 valence electrons. The lowest BCUT2D eigenvalue weighted by molar-refractivity contribution is -0.124. The summed E-state index contributed by atoms with van der Waals surface area (Å²) >= 11 is 0. The molecular weight excluding hydrogens is 252 g/mol. The second kappa shape index (κ2) is 12.2. The SMILES string of the molecule is CC.CCC(C)C(=O)NC.Cc1ccc(N)c(C=O)c1. The molecule has 0 saturated carbocycles. The van der Waals surface area contributed by atoms with Crippen molar-refractivity contribution < 1.29 is 9.59 Å². The number of carbonyl (C=O) groups is 2. The van der Waals surface area contributed by atoms with E-state index in [2.05, 4.69) is 5.32 Å². The molecule has 0 fully saturated rings. The van der Waals surface area contributed by atoms with Gasteiger partial charge in [0.1, 0.15) is 0 Å². The molecule has 20 heavy (non-hydrogen) atoms. The molecular formula is C16H28N2O2. The fraction of sp³-hybridized carbons (Fsp3) is 0.500. The zero-order valence-corrected chi connectivity index (χ0v) is 13.5. The number of benzene rings is 1. The van der Waals surface area contributed by atoms with Crippen molar-refractivity contribution in [3.05, 3.63) is 29.3 Å². The van der Waals surface area contributed by atoms with E-state index >= 15 is 0 Å². The number of rotatable bonds is 3. The molecule has 1 unspecified atom stereocenters. The fourth-order valence-electron chi connectivity index (χ4n) is 1.23. The van der Waals surface area contributed by atoms with Crippen LogP contribution in [0.25, 0.3) is 0 Å². The third-order valence-corrected chi connectivity index (χ3v) is 2.68. The van der Waals surface area contributed by atoms with Crippen LogP contribution in [0.2, 0.25) is 0 Å².